The fourth-order valence-electron chi connectivity index (χ4n) is 4.29. The third kappa shape index (κ3) is 4.83. The Morgan fingerprint density at radius 1 is 1.28 bits per heavy atom. The lowest BCUT2D eigenvalue weighted by atomic mass is 10.0. The first-order valence-electron chi connectivity index (χ1n) is 10.5. The molecule has 0 amide bonds. The van der Waals surface area contributed by atoms with Gasteiger partial charge in [-0.25, -0.2) is 9.97 Å². The number of allylic oxidation sites excluding steroid dienone is 1. The van der Waals surface area contributed by atoms with Crippen LogP contribution in [0.15, 0.2) is 40.3 Å². The Bertz CT molecular complexity index is 924. The molecule has 3 aliphatic rings. The van der Waals surface area contributed by atoms with E-state index >= 15 is 0 Å². The van der Waals surface area contributed by atoms with Crippen LogP contribution < -0.4 is 4.90 Å². The fraction of sp³-hybridized carbons (Fsp3) is 0.524. The molecule has 1 aromatic heterocycles. The fourth-order valence-corrected chi connectivity index (χ4v) is 4.29. The lowest BCUT2D eigenvalue weighted by Crippen LogP contribution is -2.46. The van der Waals surface area contributed by atoms with Crippen LogP contribution in [-0.4, -0.2) is 90.9 Å². The average molecular weight is 449 g/mol. The summed E-state index contributed by atoms with van der Waals surface area (Å²) >= 11 is 0. The van der Waals surface area contributed by atoms with Gasteiger partial charge in [0.05, 0.1) is 26.0 Å². The molecule has 0 saturated carbocycles. The minimum Gasteiger partial charge on any atom is -0.379 e. The minimum atomic E-state index is -4.55. The molecule has 2 atom stereocenters. The maximum absolute atomic E-state index is 13.1. The molecule has 4 rings (SSSR count). The van der Waals surface area contributed by atoms with Crippen molar-refractivity contribution < 1.29 is 17.9 Å². The van der Waals surface area contributed by atoms with Crippen LogP contribution in [0.4, 0.5) is 19.0 Å². The van der Waals surface area contributed by atoms with Crippen molar-refractivity contribution in [3.8, 4) is 0 Å². The highest BCUT2D eigenvalue weighted by Gasteiger charge is 2.37. The molecule has 0 radical (unpaired) electrons. The third-order valence-electron chi connectivity index (χ3n) is 5.88. The lowest BCUT2D eigenvalue weighted by molar-refractivity contribution is -0.0934. The van der Waals surface area contributed by atoms with Crippen LogP contribution in [0.5, 0.6) is 0 Å². The van der Waals surface area contributed by atoms with E-state index in [1.165, 1.54) is 17.3 Å². The molecular weight excluding hydrogens is 423 g/mol. The van der Waals surface area contributed by atoms with Gasteiger partial charge in [-0.2, -0.15) is 13.2 Å². The second-order valence-electron chi connectivity index (χ2n) is 8.01. The van der Waals surface area contributed by atoms with Gasteiger partial charge in [0.2, 0.25) is 0 Å². The monoisotopic (exact) mass is 449 g/mol. The summed E-state index contributed by atoms with van der Waals surface area (Å²) in [5, 5.41) is 0. The number of rotatable bonds is 5. The quantitative estimate of drug-likeness (QED) is 0.644. The Kier molecular flexibility index (Phi) is 6.56. The van der Waals surface area contributed by atoms with Crippen LogP contribution in [0.25, 0.3) is 5.70 Å². The van der Waals surface area contributed by atoms with Crippen LogP contribution in [0.3, 0.4) is 0 Å². The van der Waals surface area contributed by atoms with Gasteiger partial charge in [0, 0.05) is 50.8 Å². The summed E-state index contributed by atoms with van der Waals surface area (Å²) in [5.74, 6) is 1.47. The first-order chi connectivity index (χ1) is 15.4. The van der Waals surface area contributed by atoms with E-state index in [1.54, 1.807) is 6.20 Å². The van der Waals surface area contributed by atoms with Gasteiger partial charge in [-0.3, -0.25) is 14.9 Å². The predicted molar refractivity (Wildman–Crippen MR) is 116 cm³/mol. The first-order valence-corrected chi connectivity index (χ1v) is 10.5. The Morgan fingerprint density at radius 2 is 2.06 bits per heavy atom. The lowest BCUT2D eigenvalue weighted by Gasteiger charge is -2.34. The molecule has 32 heavy (non-hydrogen) atoms. The standard InChI is InChI=1S/C21H26F3N7O/c1-15-12-31(13-17(15)29-7-9-32-10-8-29)19-3-4-27-20(28-19)16(11-25-2)30-6-5-26-18(14-30)21(22,23)24/h3-5,11,14-15,17H,2,6-10,12-13H2,1H3/b16-11-. The Morgan fingerprint density at radius 3 is 2.78 bits per heavy atom. The van der Waals surface area contributed by atoms with Crippen molar-refractivity contribution in [1.82, 2.24) is 19.8 Å². The highest BCUT2D eigenvalue weighted by atomic mass is 19.4. The van der Waals surface area contributed by atoms with Crippen molar-refractivity contribution in [3.05, 3.63) is 36.2 Å². The van der Waals surface area contributed by atoms with E-state index in [4.69, 9.17) is 4.74 Å². The number of halogens is 3. The van der Waals surface area contributed by atoms with Crippen LogP contribution in [0.1, 0.15) is 12.7 Å². The zero-order valence-corrected chi connectivity index (χ0v) is 17.9. The number of anilines is 1. The molecule has 4 heterocycles. The largest absolute Gasteiger partial charge is 0.434 e. The summed E-state index contributed by atoms with van der Waals surface area (Å²) in [6.07, 6.45) is 0.586. The van der Waals surface area contributed by atoms with E-state index < -0.39 is 11.9 Å². The summed E-state index contributed by atoms with van der Waals surface area (Å²) in [5.41, 5.74) is -0.664. The molecule has 0 aromatic carbocycles. The van der Waals surface area contributed by atoms with Gasteiger partial charge in [-0.15, -0.1) is 0 Å². The molecule has 2 unspecified atom stereocenters. The van der Waals surface area contributed by atoms with Crippen molar-refractivity contribution in [2.45, 2.75) is 19.1 Å². The number of aromatic nitrogens is 2. The second kappa shape index (κ2) is 9.37. The second-order valence-corrected chi connectivity index (χ2v) is 8.01. The van der Waals surface area contributed by atoms with E-state index in [0.29, 0.717) is 17.7 Å². The van der Waals surface area contributed by atoms with E-state index in [-0.39, 0.29) is 12.4 Å². The molecule has 8 nitrogen and oxygen atoms in total. The van der Waals surface area contributed by atoms with Crippen LogP contribution in [0, 0.1) is 5.92 Å². The summed E-state index contributed by atoms with van der Waals surface area (Å²) in [6.45, 7) is 10.8. The topological polar surface area (TPSA) is 69.5 Å². The molecule has 1 aromatic rings. The predicted octanol–water partition coefficient (Wildman–Crippen LogP) is 2.42. The highest BCUT2D eigenvalue weighted by Crippen LogP contribution is 2.31. The molecule has 172 valence electrons. The van der Waals surface area contributed by atoms with Gasteiger partial charge in [0.15, 0.2) is 11.5 Å². The van der Waals surface area contributed by atoms with E-state index in [2.05, 4.69) is 43.4 Å². The van der Waals surface area contributed by atoms with Gasteiger partial charge in [0.1, 0.15) is 11.5 Å². The minimum absolute atomic E-state index is 0.147. The van der Waals surface area contributed by atoms with Crippen molar-refractivity contribution >= 4 is 24.4 Å². The van der Waals surface area contributed by atoms with E-state index in [1.807, 2.05) is 6.07 Å². The number of alkyl halides is 3. The van der Waals surface area contributed by atoms with E-state index in [9.17, 15) is 13.2 Å². The molecule has 0 spiro atoms. The highest BCUT2D eigenvalue weighted by molar-refractivity contribution is 5.70. The maximum Gasteiger partial charge on any atom is 0.434 e. The first kappa shape index (κ1) is 22.4. The number of hydrogen-bond acceptors (Lipinski definition) is 8. The van der Waals surface area contributed by atoms with E-state index in [0.717, 1.165) is 51.4 Å². The number of ether oxygens (including phenoxy) is 1. The van der Waals surface area contributed by atoms with Gasteiger partial charge in [-0.05, 0) is 18.7 Å². The number of aliphatic imine (C=N–C) groups is 2. The summed E-state index contributed by atoms with van der Waals surface area (Å²) in [4.78, 5) is 22.2. The SMILES string of the molecule is C=N/C=C(/c1nccc(N2CC(C)C(N3CCOCC3)C2)n1)N1C=C(C(F)(F)F)N=CC1. The summed E-state index contributed by atoms with van der Waals surface area (Å²) in [6, 6.07) is 2.23. The number of hydrogen-bond donors (Lipinski definition) is 0. The molecule has 0 bridgehead atoms. The average Bonchev–Trinajstić information content (AvgIpc) is 3.19. The smallest absolute Gasteiger partial charge is 0.379 e. The molecule has 11 heteroatoms. The normalized spacial score (nSPS) is 25.2. The summed E-state index contributed by atoms with van der Waals surface area (Å²) < 4.78 is 44.9. The van der Waals surface area contributed by atoms with Crippen molar-refractivity contribution in [2.75, 3.05) is 50.8 Å². The third-order valence-corrected chi connectivity index (χ3v) is 5.88. The maximum atomic E-state index is 13.1. The zero-order chi connectivity index (χ0) is 22.7. The molecule has 0 N–H and O–H groups in total. The molecular formula is C21H26F3N7O. The zero-order valence-electron chi connectivity index (χ0n) is 17.9. The molecule has 2 fully saturated rings. The molecule has 2 saturated heterocycles. The van der Waals surface area contributed by atoms with Crippen molar-refractivity contribution in [2.24, 2.45) is 15.9 Å². The number of morpholine rings is 1. The van der Waals surface area contributed by atoms with Gasteiger partial charge in [0.25, 0.3) is 0 Å². The Labute approximate surface area is 184 Å². The van der Waals surface area contributed by atoms with Crippen LogP contribution in [-0.2, 0) is 4.74 Å². The van der Waals surface area contributed by atoms with Gasteiger partial charge < -0.3 is 14.5 Å². The Balaban J connectivity index is 1.56. The molecule has 3 aliphatic heterocycles. The van der Waals surface area contributed by atoms with Crippen LogP contribution >= 0.6 is 0 Å². The Hall–Kier alpha value is -2.79. The van der Waals surface area contributed by atoms with Gasteiger partial charge >= 0.3 is 6.18 Å². The molecule has 0 aliphatic carbocycles. The van der Waals surface area contributed by atoms with Crippen molar-refractivity contribution in [3.63, 3.8) is 0 Å². The van der Waals surface area contributed by atoms with Gasteiger partial charge in [-0.1, -0.05) is 6.92 Å². The van der Waals surface area contributed by atoms with Crippen molar-refractivity contribution in [1.29, 1.82) is 0 Å². The summed E-state index contributed by atoms with van der Waals surface area (Å²) in [7, 11) is 0. The number of nitrogens with zero attached hydrogens (tertiary/aromatic N) is 7. The van der Waals surface area contributed by atoms with Crippen LogP contribution in [0.2, 0.25) is 0 Å².